The zero-order chi connectivity index (χ0) is 16.9. The third-order valence-corrected chi connectivity index (χ3v) is 3.83. The first-order chi connectivity index (χ1) is 10.2. The van der Waals surface area contributed by atoms with Gasteiger partial charge in [-0.3, -0.25) is 4.79 Å². The van der Waals surface area contributed by atoms with Crippen molar-refractivity contribution >= 4 is 52.2 Å². The van der Waals surface area contributed by atoms with Gasteiger partial charge in [0.05, 0.1) is 11.1 Å². The molecule has 118 valence electrons. The van der Waals surface area contributed by atoms with Crippen LogP contribution in [0.25, 0.3) is 0 Å². The van der Waals surface area contributed by atoms with Crippen LogP contribution in [0.2, 0.25) is 20.1 Å². The average molecular weight is 380 g/mol. The number of Topliss-reactive ketones (excluding diaryl/α,β-unsaturated/α-hetero) is 1. The van der Waals surface area contributed by atoms with E-state index in [9.17, 15) is 4.79 Å². The predicted octanol–water partition coefficient (Wildman–Crippen LogP) is 6.24. The van der Waals surface area contributed by atoms with Gasteiger partial charge in [0, 0.05) is 20.6 Å². The van der Waals surface area contributed by atoms with Crippen LogP contribution in [-0.4, -0.2) is 10.9 Å². The largest absolute Gasteiger partial charge is 0.389 e. The minimum atomic E-state index is -0.542. The average Bonchev–Trinajstić information content (AvgIpc) is 2.38. The molecule has 0 bridgehead atoms. The smallest absolute Gasteiger partial charge is 0.161 e. The van der Waals surface area contributed by atoms with Gasteiger partial charge in [0.15, 0.2) is 5.78 Å². The van der Waals surface area contributed by atoms with Crippen molar-refractivity contribution < 1.29 is 9.90 Å². The number of ketones is 1. The Bertz CT molecular complexity index is 669. The molecule has 0 aliphatic carbocycles. The van der Waals surface area contributed by atoms with E-state index in [-0.39, 0.29) is 5.78 Å². The van der Waals surface area contributed by atoms with Gasteiger partial charge in [0.1, 0.15) is 0 Å². The normalized spacial score (nSPS) is 11.4. The SMILES string of the molecule is CC(=O)c1ccc(Cl)cc1Cl.C[C@@H](O)c1ccc(Cl)cc1Cl. The lowest BCUT2D eigenvalue weighted by molar-refractivity contribution is 0.101. The molecule has 2 rings (SSSR count). The number of hydrogen-bond donors (Lipinski definition) is 1. The van der Waals surface area contributed by atoms with Gasteiger partial charge < -0.3 is 5.11 Å². The van der Waals surface area contributed by atoms with Crippen LogP contribution in [-0.2, 0) is 0 Å². The molecule has 0 saturated heterocycles. The van der Waals surface area contributed by atoms with Crippen molar-refractivity contribution in [2.45, 2.75) is 20.0 Å². The minimum absolute atomic E-state index is 0.0494. The monoisotopic (exact) mass is 378 g/mol. The fourth-order valence-electron chi connectivity index (χ4n) is 1.62. The summed E-state index contributed by atoms with van der Waals surface area (Å²) in [6, 6.07) is 9.85. The quantitative estimate of drug-likeness (QED) is 0.626. The number of benzene rings is 2. The molecule has 22 heavy (non-hydrogen) atoms. The molecule has 1 atom stereocenters. The summed E-state index contributed by atoms with van der Waals surface area (Å²) in [7, 11) is 0. The standard InChI is InChI=1S/C8H8Cl2O.C8H6Cl2O/c2*1-5(11)7-3-2-6(9)4-8(7)10/h2-5,11H,1H3;2-4H,1H3/t5-;/m1./s1. The van der Waals surface area contributed by atoms with Crippen molar-refractivity contribution in [2.75, 3.05) is 0 Å². The maximum atomic E-state index is 10.8. The first-order valence-electron chi connectivity index (χ1n) is 6.31. The molecule has 0 aromatic heterocycles. The number of hydrogen-bond acceptors (Lipinski definition) is 2. The highest BCUT2D eigenvalue weighted by atomic mass is 35.5. The van der Waals surface area contributed by atoms with Crippen LogP contribution in [0.3, 0.4) is 0 Å². The summed E-state index contributed by atoms with van der Waals surface area (Å²) < 4.78 is 0. The van der Waals surface area contributed by atoms with Crippen LogP contribution in [0.1, 0.15) is 35.9 Å². The fourth-order valence-corrected chi connectivity index (χ4v) is 2.72. The van der Waals surface area contributed by atoms with E-state index in [0.717, 1.165) is 0 Å². The van der Waals surface area contributed by atoms with Crippen LogP contribution in [0.4, 0.5) is 0 Å². The first-order valence-corrected chi connectivity index (χ1v) is 7.82. The second-order valence-corrected chi connectivity index (χ2v) is 6.21. The Hall–Kier alpha value is -0.770. The molecular formula is C16H14Cl4O2. The molecule has 6 heteroatoms. The first kappa shape index (κ1) is 19.3. The number of rotatable bonds is 2. The number of carbonyl (C=O) groups is 1. The van der Waals surface area contributed by atoms with E-state index in [1.807, 2.05) is 0 Å². The highest BCUT2D eigenvalue weighted by Crippen LogP contribution is 2.25. The van der Waals surface area contributed by atoms with E-state index in [1.165, 1.54) is 6.92 Å². The maximum Gasteiger partial charge on any atom is 0.161 e. The zero-order valence-corrected chi connectivity index (χ0v) is 14.9. The van der Waals surface area contributed by atoms with Crippen LogP contribution >= 0.6 is 46.4 Å². The molecular weight excluding hydrogens is 366 g/mol. The van der Waals surface area contributed by atoms with E-state index < -0.39 is 6.10 Å². The molecule has 2 aromatic carbocycles. The van der Waals surface area contributed by atoms with Gasteiger partial charge in [0.25, 0.3) is 0 Å². The van der Waals surface area contributed by atoms with Gasteiger partial charge in [-0.2, -0.15) is 0 Å². The summed E-state index contributed by atoms with van der Waals surface area (Å²) in [6.45, 7) is 3.13. The molecule has 0 radical (unpaired) electrons. The summed E-state index contributed by atoms with van der Waals surface area (Å²) in [5.41, 5.74) is 1.21. The molecule has 0 amide bonds. The summed E-state index contributed by atoms with van der Waals surface area (Å²) in [4.78, 5) is 10.8. The topological polar surface area (TPSA) is 37.3 Å². The van der Waals surface area contributed by atoms with Crippen molar-refractivity contribution in [3.8, 4) is 0 Å². The Kier molecular flexibility index (Phi) is 7.67. The van der Waals surface area contributed by atoms with Crippen LogP contribution in [0, 0.1) is 0 Å². The lowest BCUT2D eigenvalue weighted by Crippen LogP contribution is -1.91. The Morgan fingerprint density at radius 3 is 1.86 bits per heavy atom. The highest BCUT2D eigenvalue weighted by molar-refractivity contribution is 6.36. The van der Waals surface area contributed by atoms with E-state index >= 15 is 0 Å². The van der Waals surface area contributed by atoms with Crippen molar-refractivity contribution in [3.63, 3.8) is 0 Å². The lowest BCUT2D eigenvalue weighted by Gasteiger charge is -2.06. The zero-order valence-electron chi connectivity index (χ0n) is 11.9. The lowest BCUT2D eigenvalue weighted by atomic mass is 10.1. The van der Waals surface area contributed by atoms with Crippen molar-refractivity contribution in [1.29, 1.82) is 0 Å². The molecule has 2 aromatic rings. The van der Waals surface area contributed by atoms with E-state index in [4.69, 9.17) is 51.5 Å². The molecule has 0 saturated carbocycles. The minimum Gasteiger partial charge on any atom is -0.389 e. The van der Waals surface area contributed by atoms with Crippen LogP contribution in [0.5, 0.6) is 0 Å². The third-order valence-electron chi connectivity index (χ3n) is 2.72. The van der Waals surface area contributed by atoms with Crippen molar-refractivity contribution in [3.05, 3.63) is 67.6 Å². The van der Waals surface area contributed by atoms with Gasteiger partial charge in [-0.1, -0.05) is 52.5 Å². The van der Waals surface area contributed by atoms with Crippen LogP contribution < -0.4 is 0 Å². The Labute approximate surface area is 149 Å². The van der Waals surface area contributed by atoms with Gasteiger partial charge >= 0.3 is 0 Å². The third kappa shape index (κ3) is 5.79. The fraction of sp³-hybridized carbons (Fsp3) is 0.188. The molecule has 0 heterocycles. The highest BCUT2D eigenvalue weighted by Gasteiger charge is 2.05. The molecule has 2 nitrogen and oxygen atoms in total. The number of aliphatic hydroxyl groups is 1. The second-order valence-electron chi connectivity index (χ2n) is 4.52. The summed E-state index contributed by atoms with van der Waals surface area (Å²) >= 11 is 22.8. The molecule has 0 aliphatic rings. The summed E-state index contributed by atoms with van der Waals surface area (Å²) in [6.07, 6.45) is -0.542. The molecule has 0 aliphatic heterocycles. The second kappa shape index (κ2) is 8.76. The molecule has 0 fully saturated rings. The van der Waals surface area contributed by atoms with E-state index in [2.05, 4.69) is 0 Å². The van der Waals surface area contributed by atoms with E-state index in [0.29, 0.717) is 31.2 Å². The van der Waals surface area contributed by atoms with Gasteiger partial charge in [-0.25, -0.2) is 0 Å². The molecule has 0 spiro atoms. The number of aliphatic hydroxyl groups excluding tert-OH is 1. The Morgan fingerprint density at radius 1 is 0.955 bits per heavy atom. The van der Waals surface area contributed by atoms with Crippen molar-refractivity contribution in [1.82, 2.24) is 0 Å². The van der Waals surface area contributed by atoms with Crippen molar-refractivity contribution in [2.24, 2.45) is 0 Å². The predicted molar refractivity (Wildman–Crippen MR) is 93.6 cm³/mol. The maximum absolute atomic E-state index is 10.8. The summed E-state index contributed by atoms with van der Waals surface area (Å²) in [5.74, 6) is -0.0494. The van der Waals surface area contributed by atoms with Gasteiger partial charge in [0.2, 0.25) is 0 Å². The van der Waals surface area contributed by atoms with Crippen LogP contribution in [0.15, 0.2) is 36.4 Å². The number of halogens is 4. The molecule has 0 unspecified atom stereocenters. The molecule has 1 N–H and O–H groups in total. The van der Waals surface area contributed by atoms with Gasteiger partial charge in [-0.15, -0.1) is 0 Å². The Balaban J connectivity index is 0.000000220. The van der Waals surface area contributed by atoms with Gasteiger partial charge in [-0.05, 0) is 49.7 Å². The summed E-state index contributed by atoms with van der Waals surface area (Å²) in [5, 5.41) is 11.2. The Morgan fingerprint density at radius 2 is 1.45 bits per heavy atom. The van der Waals surface area contributed by atoms with E-state index in [1.54, 1.807) is 43.3 Å². The number of carbonyl (C=O) groups excluding carboxylic acids is 1.